The van der Waals surface area contributed by atoms with E-state index in [4.69, 9.17) is 4.74 Å². The summed E-state index contributed by atoms with van der Waals surface area (Å²) in [5.41, 5.74) is 1.76. The smallest absolute Gasteiger partial charge is 0.259 e. The van der Waals surface area contributed by atoms with E-state index >= 15 is 0 Å². The third-order valence-corrected chi connectivity index (χ3v) is 3.38. The van der Waals surface area contributed by atoms with Crippen LogP contribution in [0.5, 0.6) is 11.5 Å². The van der Waals surface area contributed by atoms with Crippen molar-refractivity contribution in [2.75, 3.05) is 12.4 Å². The highest BCUT2D eigenvalue weighted by Gasteiger charge is 2.12. The van der Waals surface area contributed by atoms with Gasteiger partial charge in [0.1, 0.15) is 11.5 Å². The van der Waals surface area contributed by atoms with Crippen molar-refractivity contribution in [1.29, 1.82) is 0 Å². The molecule has 0 aliphatic heterocycles. The third kappa shape index (κ3) is 3.16. The van der Waals surface area contributed by atoms with Gasteiger partial charge in [0.05, 0.1) is 19.0 Å². The lowest BCUT2D eigenvalue weighted by molar-refractivity contribution is 0.102. The molecule has 3 rings (SSSR count). The molecule has 116 valence electrons. The Labute approximate surface area is 133 Å². The minimum atomic E-state index is -0.388. The maximum atomic E-state index is 12.2. The number of benzene rings is 2. The van der Waals surface area contributed by atoms with E-state index in [1.54, 1.807) is 30.7 Å². The molecule has 0 saturated carbocycles. The van der Waals surface area contributed by atoms with E-state index in [0.29, 0.717) is 11.4 Å². The molecule has 23 heavy (non-hydrogen) atoms. The molecule has 0 fully saturated rings. The van der Waals surface area contributed by atoms with Gasteiger partial charge < -0.3 is 19.7 Å². The first kappa shape index (κ1) is 14.6. The number of nitrogens with one attached hydrogen (secondary N) is 1. The van der Waals surface area contributed by atoms with Crippen LogP contribution in [0.2, 0.25) is 0 Å². The van der Waals surface area contributed by atoms with Crippen LogP contribution in [0.15, 0.2) is 61.2 Å². The van der Waals surface area contributed by atoms with Crippen molar-refractivity contribution < 1.29 is 14.6 Å². The summed E-state index contributed by atoms with van der Waals surface area (Å²) in [5, 5.41) is 12.6. The van der Waals surface area contributed by atoms with Crippen LogP contribution in [0.3, 0.4) is 0 Å². The van der Waals surface area contributed by atoms with Gasteiger partial charge in [-0.05, 0) is 36.4 Å². The minimum absolute atomic E-state index is 0.128. The van der Waals surface area contributed by atoms with Gasteiger partial charge in [0.25, 0.3) is 5.91 Å². The van der Waals surface area contributed by atoms with Crippen molar-refractivity contribution >= 4 is 11.6 Å². The predicted molar refractivity (Wildman–Crippen MR) is 86.2 cm³/mol. The fraction of sp³-hybridized carbons (Fsp3) is 0.0588. The fourth-order valence-corrected chi connectivity index (χ4v) is 2.16. The van der Waals surface area contributed by atoms with E-state index in [0.717, 1.165) is 5.69 Å². The Bertz CT molecular complexity index is 812. The number of rotatable bonds is 4. The van der Waals surface area contributed by atoms with E-state index in [2.05, 4.69) is 10.3 Å². The SMILES string of the molecule is COc1ccc(C(=O)Nc2ccc(-n3ccnc3)cc2)c(O)c1. The maximum absolute atomic E-state index is 12.2. The first-order chi connectivity index (χ1) is 11.2. The van der Waals surface area contributed by atoms with E-state index in [1.165, 1.54) is 19.2 Å². The molecular formula is C17H15N3O3. The number of hydrogen-bond acceptors (Lipinski definition) is 4. The van der Waals surface area contributed by atoms with Gasteiger partial charge in [-0.3, -0.25) is 4.79 Å². The monoisotopic (exact) mass is 309 g/mol. The van der Waals surface area contributed by atoms with Gasteiger partial charge in [-0.2, -0.15) is 0 Å². The zero-order valence-corrected chi connectivity index (χ0v) is 12.4. The van der Waals surface area contributed by atoms with Crippen molar-refractivity contribution in [3.63, 3.8) is 0 Å². The Morgan fingerprint density at radius 2 is 2.00 bits per heavy atom. The lowest BCUT2D eigenvalue weighted by Crippen LogP contribution is -2.12. The van der Waals surface area contributed by atoms with E-state index in [-0.39, 0.29) is 17.2 Å². The second-order valence-electron chi connectivity index (χ2n) is 4.85. The molecule has 0 saturated heterocycles. The summed E-state index contributed by atoms with van der Waals surface area (Å²) in [5.74, 6) is -0.0267. The van der Waals surface area contributed by atoms with Crippen molar-refractivity contribution in [3.8, 4) is 17.2 Å². The van der Waals surface area contributed by atoms with Gasteiger partial charge in [-0.1, -0.05) is 0 Å². The van der Waals surface area contributed by atoms with Crippen molar-refractivity contribution in [2.24, 2.45) is 0 Å². The molecule has 2 N–H and O–H groups in total. The number of hydrogen-bond donors (Lipinski definition) is 2. The number of ether oxygens (including phenoxy) is 1. The third-order valence-electron chi connectivity index (χ3n) is 3.38. The average molecular weight is 309 g/mol. The number of phenols is 1. The minimum Gasteiger partial charge on any atom is -0.507 e. The second kappa shape index (κ2) is 6.23. The average Bonchev–Trinajstić information content (AvgIpc) is 3.09. The maximum Gasteiger partial charge on any atom is 0.259 e. The highest BCUT2D eigenvalue weighted by molar-refractivity contribution is 6.06. The molecule has 0 radical (unpaired) electrons. The molecule has 2 aromatic carbocycles. The van der Waals surface area contributed by atoms with E-state index < -0.39 is 0 Å². The molecular weight excluding hydrogens is 294 g/mol. The number of nitrogens with zero attached hydrogens (tertiary/aromatic N) is 2. The second-order valence-corrected chi connectivity index (χ2v) is 4.85. The highest BCUT2D eigenvalue weighted by Crippen LogP contribution is 2.24. The highest BCUT2D eigenvalue weighted by atomic mass is 16.5. The van der Waals surface area contributed by atoms with Crippen molar-refractivity contribution in [3.05, 3.63) is 66.7 Å². The number of imidazole rings is 1. The Hall–Kier alpha value is -3.28. The molecule has 0 spiro atoms. The first-order valence-electron chi connectivity index (χ1n) is 6.94. The summed E-state index contributed by atoms with van der Waals surface area (Å²) >= 11 is 0. The fourth-order valence-electron chi connectivity index (χ4n) is 2.16. The summed E-state index contributed by atoms with van der Waals surface area (Å²) in [6.07, 6.45) is 5.23. The summed E-state index contributed by atoms with van der Waals surface area (Å²) in [4.78, 5) is 16.2. The summed E-state index contributed by atoms with van der Waals surface area (Å²) in [7, 11) is 1.50. The lowest BCUT2D eigenvalue weighted by atomic mass is 10.1. The Kier molecular flexibility index (Phi) is 3.97. The number of anilines is 1. The van der Waals surface area contributed by atoms with Gasteiger partial charge in [0.2, 0.25) is 0 Å². The summed E-state index contributed by atoms with van der Waals surface area (Å²) < 4.78 is 6.86. The number of methoxy groups -OCH3 is 1. The normalized spacial score (nSPS) is 10.3. The largest absolute Gasteiger partial charge is 0.507 e. The van der Waals surface area contributed by atoms with Crippen molar-refractivity contribution in [1.82, 2.24) is 9.55 Å². The number of phenolic OH excluding ortho intramolecular Hbond substituents is 1. The molecule has 6 heteroatoms. The molecule has 3 aromatic rings. The number of aromatic nitrogens is 2. The van der Waals surface area contributed by atoms with Gasteiger partial charge >= 0.3 is 0 Å². The topological polar surface area (TPSA) is 76.4 Å². The molecule has 6 nitrogen and oxygen atoms in total. The zero-order valence-electron chi connectivity index (χ0n) is 12.4. The molecule has 0 aliphatic carbocycles. The van der Waals surface area contributed by atoms with E-state index in [1.807, 2.05) is 22.9 Å². The van der Waals surface area contributed by atoms with Crippen LogP contribution in [-0.2, 0) is 0 Å². The van der Waals surface area contributed by atoms with Gasteiger partial charge in [0.15, 0.2) is 0 Å². The lowest BCUT2D eigenvalue weighted by Gasteiger charge is -2.09. The number of carbonyl (C=O) groups is 1. The summed E-state index contributed by atoms with van der Waals surface area (Å²) in [6, 6.07) is 11.8. The van der Waals surface area contributed by atoms with Crippen LogP contribution in [0.1, 0.15) is 10.4 Å². The Balaban J connectivity index is 1.75. The zero-order chi connectivity index (χ0) is 16.2. The number of carbonyl (C=O) groups excluding carboxylic acids is 1. The van der Waals surface area contributed by atoms with Crippen molar-refractivity contribution in [2.45, 2.75) is 0 Å². The standard InChI is InChI=1S/C17H15N3O3/c1-23-14-6-7-15(16(21)10-14)17(22)19-12-2-4-13(5-3-12)20-9-8-18-11-20/h2-11,21H,1H3,(H,19,22). The van der Waals surface area contributed by atoms with Gasteiger partial charge in [-0.25, -0.2) is 4.98 Å². The quantitative estimate of drug-likeness (QED) is 0.777. The van der Waals surface area contributed by atoms with Crippen LogP contribution in [0.4, 0.5) is 5.69 Å². The summed E-state index contributed by atoms with van der Waals surface area (Å²) in [6.45, 7) is 0. The first-order valence-corrected chi connectivity index (χ1v) is 6.94. The number of amides is 1. The van der Waals surface area contributed by atoms with Gasteiger partial charge in [-0.15, -0.1) is 0 Å². The van der Waals surface area contributed by atoms with Gasteiger partial charge in [0, 0.05) is 29.8 Å². The molecule has 1 aromatic heterocycles. The van der Waals surface area contributed by atoms with Crippen LogP contribution < -0.4 is 10.1 Å². The Morgan fingerprint density at radius 1 is 1.22 bits per heavy atom. The molecule has 1 amide bonds. The molecule has 1 heterocycles. The predicted octanol–water partition coefficient (Wildman–Crippen LogP) is 2.84. The Morgan fingerprint density at radius 3 is 2.61 bits per heavy atom. The van der Waals surface area contributed by atoms with Crippen LogP contribution in [0.25, 0.3) is 5.69 Å². The van der Waals surface area contributed by atoms with Crippen LogP contribution in [0, 0.1) is 0 Å². The molecule has 0 bridgehead atoms. The molecule has 0 aliphatic rings. The molecule has 0 atom stereocenters. The van der Waals surface area contributed by atoms with Crippen LogP contribution in [-0.4, -0.2) is 27.7 Å². The van der Waals surface area contributed by atoms with E-state index in [9.17, 15) is 9.90 Å². The van der Waals surface area contributed by atoms with Crippen LogP contribution >= 0.6 is 0 Å². The number of aromatic hydroxyl groups is 1. The molecule has 0 unspecified atom stereocenters.